The molecule has 0 fully saturated rings. The number of hydrogen-bond acceptors (Lipinski definition) is 4. The van der Waals surface area contributed by atoms with Crippen molar-refractivity contribution >= 4 is 11.5 Å². The molecule has 0 atom stereocenters. The minimum Gasteiger partial charge on any atom is -0.463 e. The van der Waals surface area contributed by atoms with Gasteiger partial charge in [-0.15, -0.1) is 0 Å². The Morgan fingerprint density at radius 3 is 2.45 bits per heavy atom. The van der Waals surface area contributed by atoms with Crippen molar-refractivity contribution in [2.75, 3.05) is 18.6 Å². The zero-order valence-electron chi connectivity index (χ0n) is 12.3. The van der Waals surface area contributed by atoms with E-state index in [0.29, 0.717) is 18.7 Å². The molecule has 7 heteroatoms. The molecule has 0 aliphatic heterocycles. The molecule has 0 saturated heterocycles. The Labute approximate surface area is 126 Å². The van der Waals surface area contributed by atoms with Gasteiger partial charge in [0, 0.05) is 18.9 Å². The minimum atomic E-state index is -4.54. The largest absolute Gasteiger partial charge is 0.463 e. The summed E-state index contributed by atoms with van der Waals surface area (Å²) in [7, 11) is 1.52. The molecule has 118 valence electrons. The smallest absolute Gasteiger partial charge is 0.421 e. The lowest BCUT2D eigenvalue weighted by Crippen LogP contribution is -2.19. The third-order valence-corrected chi connectivity index (χ3v) is 2.95. The molecule has 0 bridgehead atoms. The SMILES string of the molecule is CCCOc1ncc(C(F)(F)F)c(N(C)c2ccccc2)n1. The number of nitrogens with zero attached hydrogens (tertiary/aromatic N) is 3. The van der Waals surface area contributed by atoms with E-state index in [2.05, 4.69) is 9.97 Å². The fraction of sp³-hybridized carbons (Fsp3) is 0.333. The molecule has 22 heavy (non-hydrogen) atoms. The molecule has 1 heterocycles. The van der Waals surface area contributed by atoms with Crippen LogP contribution < -0.4 is 9.64 Å². The average Bonchev–Trinajstić information content (AvgIpc) is 2.52. The second-order valence-corrected chi connectivity index (χ2v) is 4.63. The summed E-state index contributed by atoms with van der Waals surface area (Å²) < 4.78 is 44.7. The number of aromatic nitrogens is 2. The van der Waals surface area contributed by atoms with Crippen LogP contribution in [0.15, 0.2) is 36.5 Å². The number of ether oxygens (including phenoxy) is 1. The second kappa shape index (κ2) is 6.64. The number of benzene rings is 1. The van der Waals surface area contributed by atoms with Gasteiger partial charge in [-0.1, -0.05) is 25.1 Å². The normalized spacial score (nSPS) is 11.3. The molecule has 0 saturated carbocycles. The summed E-state index contributed by atoms with van der Waals surface area (Å²) in [5.41, 5.74) is -0.309. The predicted molar refractivity (Wildman–Crippen MR) is 77.3 cm³/mol. The Hall–Kier alpha value is -2.31. The molecule has 0 radical (unpaired) electrons. The molecule has 1 aromatic heterocycles. The number of hydrogen-bond donors (Lipinski definition) is 0. The van der Waals surface area contributed by atoms with Gasteiger partial charge in [-0.2, -0.15) is 18.2 Å². The van der Waals surface area contributed by atoms with Gasteiger partial charge in [-0.25, -0.2) is 4.98 Å². The molecule has 0 amide bonds. The van der Waals surface area contributed by atoms with Crippen molar-refractivity contribution in [2.45, 2.75) is 19.5 Å². The van der Waals surface area contributed by atoms with Gasteiger partial charge in [0.1, 0.15) is 5.56 Å². The highest BCUT2D eigenvalue weighted by Gasteiger charge is 2.36. The first-order chi connectivity index (χ1) is 10.4. The molecule has 0 spiro atoms. The molecule has 0 aliphatic rings. The Bertz CT molecular complexity index is 617. The second-order valence-electron chi connectivity index (χ2n) is 4.63. The Balaban J connectivity index is 2.45. The van der Waals surface area contributed by atoms with Crippen LogP contribution in [0.25, 0.3) is 0 Å². The fourth-order valence-corrected chi connectivity index (χ4v) is 1.85. The number of anilines is 2. The number of halogens is 3. The van der Waals surface area contributed by atoms with E-state index >= 15 is 0 Å². The van der Waals surface area contributed by atoms with Gasteiger partial charge in [0.15, 0.2) is 5.82 Å². The lowest BCUT2D eigenvalue weighted by Gasteiger charge is -2.22. The number of rotatable bonds is 5. The Kier molecular flexibility index (Phi) is 4.85. The van der Waals surface area contributed by atoms with Gasteiger partial charge in [0.2, 0.25) is 0 Å². The van der Waals surface area contributed by atoms with E-state index in [1.807, 2.05) is 6.92 Å². The molecule has 1 aromatic carbocycles. The van der Waals surface area contributed by atoms with E-state index in [1.54, 1.807) is 30.3 Å². The van der Waals surface area contributed by atoms with Crippen LogP contribution in [0.1, 0.15) is 18.9 Å². The lowest BCUT2D eigenvalue weighted by molar-refractivity contribution is -0.137. The summed E-state index contributed by atoms with van der Waals surface area (Å²) >= 11 is 0. The van der Waals surface area contributed by atoms with Gasteiger partial charge in [0.25, 0.3) is 0 Å². The highest BCUT2D eigenvalue weighted by Crippen LogP contribution is 2.37. The number of alkyl halides is 3. The van der Waals surface area contributed by atoms with E-state index in [4.69, 9.17) is 4.74 Å². The fourth-order valence-electron chi connectivity index (χ4n) is 1.85. The van der Waals surface area contributed by atoms with Crippen LogP contribution in [0.5, 0.6) is 6.01 Å². The van der Waals surface area contributed by atoms with Crippen molar-refractivity contribution in [2.24, 2.45) is 0 Å². The van der Waals surface area contributed by atoms with Crippen molar-refractivity contribution in [1.82, 2.24) is 9.97 Å². The van der Waals surface area contributed by atoms with Crippen molar-refractivity contribution in [3.8, 4) is 6.01 Å². The molecule has 2 aromatic rings. The van der Waals surface area contributed by atoms with E-state index in [-0.39, 0.29) is 11.8 Å². The highest BCUT2D eigenvalue weighted by atomic mass is 19.4. The van der Waals surface area contributed by atoms with E-state index in [0.717, 1.165) is 6.20 Å². The summed E-state index contributed by atoms with van der Waals surface area (Å²) in [5, 5.41) is 0. The maximum atomic E-state index is 13.2. The first-order valence-corrected chi connectivity index (χ1v) is 6.79. The van der Waals surface area contributed by atoms with Gasteiger partial charge in [-0.3, -0.25) is 0 Å². The summed E-state index contributed by atoms with van der Waals surface area (Å²) in [6.45, 7) is 2.24. The average molecular weight is 311 g/mol. The standard InChI is InChI=1S/C15H16F3N3O/c1-3-9-22-14-19-10-12(15(16,17)18)13(20-14)21(2)11-7-5-4-6-8-11/h4-8,10H,3,9H2,1-2H3. The topological polar surface area (TPSA) is 38.2 Å². The van der Waals surface area contributed by atoms with Crippen molar-refractivity contribution < 1.29 is 17.9 Å². The monoisotopic (exact) mass is 311 g/mol. The first-order valence-electron chi connectivity index (χ1n) is 6.79. The summed E-state index contributed by atoms with van der Waals surface area (Å²) in [6.07, 6.45) is -3.07. The molecule has 0 N–H and O–H groups in total. The Morgan fingerprint density at radius 2 is 1.86 bits per heavy atom. The molecule has 0 aliphatic carbocycles. The quantitative estimate of drug-likeness (QED) is 0.835. The van der Waals surface area contributed by atoms with Crippen LogP contribution in [0.2, 0.25) is 0 Å². The van der Waals surface area contributed by atoms with Gasteiger partial charge < -0.3 is 9.64 Å². The zero-order chi connectivity index (χ0) is 16.2. The van der Waals surface area contributed by atoms with E-state index < -0.39 is 11.7 Å². The number of para-hydroxylation sites is 1. The van der Waals surface area contributed by atoms with Crippen molar-refractivity contribution in [3.05, 3.63) is 42.1 Å². The van der Waals surface area contributed by atoms with Gasteiger partial charge in [0.05, 0.1) is 6.61 Å². The molecular weight excluding hydrogens is 295 g/mol. The zero-order valence-corrected chi connectivity index (χ0v) is 12.3. The van der Waals surface area contributed by atoms with Crippen molar-refractivity contribution in [1.29, 1.82) is 0 Å². The molecular formula is C15H16F3N3O. The van der Waals surface area contributed by atoms with Crippen LogP contribution in [0, 0.1) is 0 Å². The van der Waals surface area contributed by atoms with E-state index in [9.17, 15) is 13.2 Å². The Morgan fingerprint density at radius 1 is 1.18 bits per heavy atom. The predicted octanol–water partition coefficient (Wildman–Crippen LogP) is 4.05. The summed E-state index contributed by atoms with van der Waals surface area (Å²) in [6, 6.07) is 8.62. The van der Waals surface area contributed by atoms with Crippen LogP contribution in [0.4, 0.5) is 24.7 Å². The van der Waals surface area contributed by atoms with Gasteiger partial charge in [-0.05, 0) is 18.6 Å². The summed E-state index contributed by atoms with van der Waals surface area (Å²) in [5.74, 6) is -0.236. The third-order valence-electron chi connectivity index (χ3n) is 2.95. The minimum absolute atomic E-state index is 0.0624. The van der Waals surface area contributed by atoms with Gasteiger partial charge >= 0.3 is 12.2 Å². The van der Waals surface area contributed by atoms with Crippen LogP contribution in [0.3, 0.4) is 0 Å². The molecule has 4 nitrogen and oxygen atoms in total. The summed E-state index contributed by atoms with van der Waals surface area (Å²) in [4.78, 5) is 8.93. The molecule has 0 unspecified atom stereocenters. The van der Waals surface area contributed by atoms with E-state index in [1.165, 1.54) is 11.9 Å². The maximum absolute atomic E-state index is 13.2. The van der Waals surface area contributed by atoms with Crippen molar-refractivity contribution in [3.63, 3.8) is 0 Å². The molecule has 2 rings (SSSR count). The van der Waals surface area contributed by atoms with Crippen LogP contribution in [-0.4, -0.2) is 23.6 Å². The van der Waals surface area contributed by atoms with Crippen LogP contribution in [-0.2, 0) is 6.18 Å². The first kappa shape index (κ1) is 16.1. The van der Waals surface area contributed by atoms with Crippen LogP contribution >= 0.6 is 0 Å². The third kappa shape index (κ3) is 3.66. The maximum Gasteiger partial charge on any atom is 0.421 e. The lowest BCUT2D eigenvalue weighted by atomic mass is 10.2. The highest BCUT2D eigenvalue weighted by molar-refractivity contribution is 5.62.